The number of carbonyl (C=O) groups is 1. The molecule has 1 aliphatic heterocycles. The lowest BCUT2D eigenvalue weighted by Crippen LogP contribution is -2.40. The Bertz CT molecular complexity index is 1220. The molecule has 3 aromatic rings. The first-order valence-corrected chi connectivity index (χ1v) is 14.6. The summed E-state index contributed by atoms with van der Waals surface area (Å²) in [6.07, 6.45) is 9.35. The summed E-state index contributed by atoms with van der Waals surface area (Å²) in [5, 5.41) is 3.50. The molecule has 6 heteroatoms. The van der Waals surface area contributed by atoms with E-state index in [0.29, 0.717) is 13.2 Å². The van der Waals surface area contributed by atoms with Gasteiger partial charge in [-0.15, -0.1) is 0 Å². The van der Waals surface area contributed by atoms with Crippen LogP contribution in [0.3, 0.4) is 0 Å². The van der Waals surface area contributed by atoms with Crippen LogP contribution in [0, 0.1) is 0 Å². The molecule has 0 aliphatic carbocycles. The van der Waals surface area contributed by atoms with Gasteiger partial charge in [-0.1, -0.05) is 118 Å². The largest absolute Gasteiger partial charge is 0.494 e. The first-order valence-electron chi connectivity index (χ1n) is 14.6. The molecule has 1 aliphatic rings. The van der Waals surface area contributed by atoms with Crippen LogP contribution in [0.1, 0.15) is 50.3 Å². The van der Waals surface area contributed by atoms with Gasteiger partial charge in [-0.2, -0.15) is 0 Å². The van der Waals surface area contributed by atoms with Crippen molar-refractivity contribution in [3.63, 3.8) is 0 Å². The number of rotatable bonds is 13. The lowest BCUT2D eigenvalue weighted by Gasteiger charge is -2.29. The number of nitrogens with zero attached hydrogens (tertiary/aromatic N) is 2. The summed E-state index contributed by atoms with van der Waals surface area (Å²) in [6.45, 7) is 8.42. The molecule has 1 amide bonds. The lowest BCUT2D eigenvalue weighted by molar-refractivity contribution is -0.117. The molecule has 0 spiro atoms. The van der Waals surface area contributed by atoms with E-state index in [1.54, 1.807) is 0 Å². The molecule has 0 saturated carbocycles. The van der Waals surface area contributed by atoms with Crippen LogP contribution in [0.5, 0.6) is 5.75 Å². The number of nitrogens with one attached hydrogen (secondary N) is 1. The molecule has 0 saturated heterocycles. The van der Waals surface area contributed by atoms with Gasteiger partial charge in [0.05, 0.1) is 26.1 Å². The molecule has 224 valence electrons. The number of aliphatic imine (C=N–C) groups is 1. The van der Waals surface area contributed by atoms with Crippen LogP contribution in [-0.4, -0.2) is 56.0 Å². The summed E-state index contributed by atoms with van der Waals surface area (Å²) >= 11 is 0. The Morgan fingerprint density at radius 3 is 2.29 bits per heavy atom. The highest BCUT2D eigenvalue weighted by atomic mass is 16.5. The average Bonchev–Trinajstić information content (AvgIpc) is 3.13. The number of carbonyl (C=O) groups excluding carboxylic acids is 1. The van der Waals surface area contributed by atoms with Crippen molar-refractivity contribution in [2.45, 2.75) is 40.0 Å². The van der Waals surface area contributed by atoms with Gasteiger partial charge in [-0.25, -0.2) is 0 Å². The molecular weight excluding hydrogens is 520 g/mol. The van der Waals surface area contributed by atoms with Gasteiger partial charge < -0.3 is 15.8 Å². The third kappa shape index (κ3) is 12.1. The van der Waals surface area contributed by atoms with Crippen molar-refractivity contribution in [1.82, 2.24) is 10.2 Å². The van der Waals surface area contributed by atoms with Gasteiger partial charge in [-0.3, -0.25) is 14.7 Å². The van der Waals surface area contributed by atoms with Crippen LogP contribution in [-0.2, 0) is 11.2 Å². The number of hydrogen-bond donors (Lipinski definition) is 2. The van der Waals surface area contributed by atoms with Gasteiger partial charge in [0.2, 0.25) is 5.91 Å². The monoisotopic (exact) mass is 568 g/mol. The maximum absolute atomic E-state index is 11.3. The Morgan fingerprint density at radius 2 is 1.62 bits per heavy atom. The third-order valence-corrected chi connectivity index (χ3v) is 6.58. The van der Waals surface area contributed by atoms with Crippen molar-refractivity contribution in [2.24, 2.45) is 10.7 Å². The van der Waals surface area contributed by atoms with E-state index in [1.807, 2.05) is 44.2 Å². The molecule has 0 radical (unpaired) electrons. The molecule has 0 fully saturated rings. The average molecular weight is 569 g/mol. The van der Waals surface area contributed by atoms with Crippen molar-refractivity contribution < 1.29 is 9.53 Å². The number of allylic oxidation sites excluding steroid dienone is 2. The van der Waals surface area contributed by atoms with E-state index < -0.39 is 0 Å². The molecule has 0 bridgehead atoms. The van der Waals surface area contributed by atoms with Crippen molar-refractivity contribution in [3.8, 4) is 5.75 Å². The van der Waals surface area contributed by atoms with E-state index in [0.717, 1.165) is 49.7 Å². The van der Waals surface area contributed by atoms with Crippen molar-refractivity contribution in [3.05, 3.63) is 126 Å². The topological polar surface area (TPSA) is 80.0 Å². The standard InChI is InChI=1S/C33H38N4O2.C2H6.CH4/c34-32(38)24-27-13-11-18-30(23-27)39-22-12-21-37(26-33-35-19-9-1-2-10-20-36-33)25-31(28-14-5-3-6-15-28)29-16-7-4-8-17-29;1-2;/h1-11,13-18,23,31H,12,19-22,24-26H2,(H2,34,38)(H,35,36);1-2H3;1H4/b9-1-,10-2-;;. The van der Waals surface area contributed by atoms with Crippen molar-refractivity contribution in [1.29, 1.82) is 0 Å². The summed E-state index contributed by atoms with van der Waals surface area (Å²) in [7, 11) is 0. The quantitative estimate of drug-likeness (QED) is 0.234. The molecule has 0 atom stereocenters. The first kappa shape index (κ1) is 34.0. The number of primary amides is 1. The van der Waals surface area contributed by atoms with Gasteiger partial charge in [0.1, 0.15) is 11.6 Å². The highest BCUT2D eigenvalue weighted by Gasteiger charge is 2.19. The molecule has 1 heterocycles. The maximum atomic E-state index is 11.3. The van der Waals surface area contributed by atoms with Gasteiger partial charge in [0.25, 0.3) is 0 Å². The number of benzene rings is 3. The first-order chi connectivity index (χ1) is 20.2. The van der Waals surface area contributed by atoms with Crippen LogP contribution in [0.2, 0.25) is 0 Å². The predicted molar refractivity (Wildman–Crippen MR) is 177 cm³/mol. The van der Waals surface area contributed by atoms with E-state index in [9.17, 15) is 4.79 Å². The van der Waals surface area contributed by atoms with E-state index >= 15 is 0 Å². The maximum Gasteiger partial charge on any atom is 0.221 e. The Balaban J connectivity index is 0.00000201. The lowest BCUT2D eigenvalue weighted by atomic mass is 9.90. The molecule has 6 nitrogen and oxygen atoms in total. The number of amides is 1. The number of amidine groups is 1. The predicted octanol–water partition coefficient (Wildman–Crippen LogP) is 6.39. The molecule has 4 rings (SSSR count). The summed E-state index contributed by atoms with van der Waals surface area (Å²) in [4.78, 5) is 18.6. The SMILES string of the molecule is C.CC.NC(=O)Cc1cccc(OCCCN(CC2=NC/C=C\C=C/CN2)CC(c2ccccc2)c2ccccc2)c1. The Kier molecular flexibility index (Phi) is 16.1. The number of nitrogens with two attached hydrogens (primary N) is 1. The molecule has 3 aromatic carbocycles. The van der Waals surface area contributed by atoms with Crippen LogP contribution in [0.4, 0.5) is 0 Å². The second-order valence-electron chi connectivity index (χ2n) is 9.63. The normalized spacial score (nSPS) is 14.0. The van der Waals surface area contributed by atoms with Crippen molar-refractivity contribution in [2.75, 3.05) is 39.3 Å². The van der Waals surface area contributed by atoms with Crippen LogP contribution < -0.4 is 15.8 Å². The summed E-state index contributed by atoms with van der Waals surface area (Å²) in [5.41, 5.74) is 8.81. The highest BCUT2D eigenvalue weighted by Crippen LogP contribution is 2.26. The zero-order chi connectivity index (χ0) is 29.1. The Labute approximate surface area is 253 Å². The van der Waals surface area contributed by atoms with Gasteiger partial charge in [0, 0.05) is 25.6 Å². The van der Waals surface area contributed by atoms with Crippen LogP contribution in [0.15, 0.2) is 114 Å². The van der Waals surface area contributed by atoms with Gasteiger partial charge in [0.15, 0.2) is 0 Å². The van der Waals surface area contributed by atoms with Gasteiger partial charge in [-0.05, 0) is 35.2 Å². The van der Waals surface area contributed by atoms with E-state index in [4.69, 9.17) is 15.5 Å². The van der Waals surface area contributed by atoms with Crippen LogP contribution in [0.25, 0.3) is 0 Å². The minimum Gasteiger partial charge on any atom is -0.494 e. The molecule has 0 unspecified atom stereocenters. The fraction of sp³-hybridized carbons (Fsp3) is 0.333. The fourth-order valence-corrected chi connectivity index (χ4v) is 4.69. The molecule has 42 heavy (non-hydrogen) atoms. The fourth-order valence-electron chi connectivity index (χ4n) is 4.69. The summed E-state index contributed by atoms with van der Waals surface area (Å²) in [6, 6.07) is 29.0. The minimum absolute atomic E-state index is 0. The number of ether oxygens (including phenoxy) is 1. The number of hydrogen-bond acceptors (Lipinski definition) is 5. The molecular formula is C36H48N4O2. The van der Waals surface area contributed by atoms with E-state index in [2.05, 4.69) is 89.1 Å². The van der Waals surface area contributed by atoms with Gasteiger partial charge >= 0.3 is 0 Å². The summed E-state index contributed by atoms with van der Waals surface area (Å²) < 4.78 is 6.05. The van der Waals surface area contributed by atoms with Crippen molar-refractivity contribution >= 4 is 11.7 Å². The van der Waals surface area contributed by atoms with Crippen LogP contribution >= 0.6 is 0 Å². The van der Waals surface area contributed by atoms with E-state index in [-0.39, 0.29) is 25.7 Å². The second kappa shape index (κ2) is 19.8. The second-order valence-corrected chi connectivity index (χ2v) is 9.63. The zero-order valence-electron chi connectivity index (χ0n) is 24.4. The Hall–Kier alpha value is -4.16. The molecule has 3 N–H and O–H groups in total. The smallest absolute Gasteiger partial charge is 0.221 e. The Morgan fingerprint density at radius 1 is 0.952 bits per heavy atom. The summed E-state index contributed by atoms with van der Waals surface area (Å²) in [5.74, 6) is 1.64. The third-order valence-electron chi connectivity index (χ3n) is 6.58. The molecule has 0 aromatic heterocycles. The van der Waals surface area contributed by atoms with E-state index in [1.165, 1.54) is 11.1 Å². The minimum atomic E-state index is -0.346. The zero-order valence-corrected chi connectivity index (χ0v) is 24.4. The highest BCUT2D eigenvalue weighted by molar-refractivity contribution is 5.84.